The number of hydrogen-bond acceptors (Lipinski definition) is 5. The molecule has 0 spiro atoms. The second kappa shape index (κ2) is 7.74. The molecule has 122 valence electrons. The number of halogens is 2. The van der Waals surface area contributed by atoms with Crippen LogP contribution in [0.5, 0.6) is 0 Å². The Labute approximate surface area is 146 Å². The molecule has 23 heavy (non-hydrogen) atoms. The summed E-state index contributed by atoms with van der Waals surface area (Å²) in [6, 6.07) is 7.27. The van der Waals surface area contributed by atoms with Gasteiger partial charge in [-0.2, -0.15) is 0 Å². The molecule has 0 saturated heterocycles. The number of methoxy groups -OCH3 is 1. The fourth-order valence-corrected chi connectivity index (χ4v) is 3.28. The van der Waals surface area contributed by atoms with Crippen LogP contribution in [-0.4, -0.2) is 24.5 Å². The highest BCUT2D eigenvalue weighted by Gasteiger charge is 2.18. The van der Waals surface area contributed by atoms with Gasteiger partial charge in [0.2, 0.25) is 0 Å². The van der Waals surface area contributed by atoms with Crippen molar-refractivity contribution in [2.75, 3.05) is 13.7 Å². The molecule has 0 fully saturated rings. The number of amides is 1. The average Bonchev–Trinajstić information content (AvgIpc) is 2.93. The van der Waals surface area contributed by atoms with Crippen molar-refractivity contribution in [2.24, 2.45) is 0 Å². The molecule has 0 aliphatic carbocycles. The molecule has 1 amide bonds. The second-order valence-corrected chi connectivity index (χ2v) is 6.65. The molecule has 6 nitrogen and oxygen atoms in total. The van der Waals surface area contributed by atoms with Gasteiger partial charge in [-0.3, -0.25) is 14.9 Å². The molecule has 2 aromatic rings. The third kappa shape index (κ3) is 4.42. The molecule has 1 aromatic heterocycles. The highest BCUT2D eigenvalue weighted by Crippen LogP contribution is 2.28. The Morgan fingerprint density at radius 2 is 2.13 bits per heavy atom. The summed E-state index contributed by atoms with van der Waals surface area (Å²) in [5.74, 6) is -0.436. The van der Waals surface area contributed by atoms with E-state index in [9.17, 15) is 14.9 Å². The zero-order valence-electron chi connectivity index (χ0n) is 11.9. The van der Waals surface area contributed by atoms with Crippen molar-refractivity contribution in [3.05, 3.63) is 60.2 Å². The van der Waals surface area contributed by atoms with Crippen LogP contribution >= 0.6 is 34.5 Å². The van der Waals surface area contributed by atoms with E-state index < -0.39 is 10.8 Å². The first-order valence-electron chi connectivity index (χ1n) is 6.42. The number of non-ortho nitro benzene ring substituents is 1. The fourth-order valence-electron chi connectivity index (χ4n) is 1.88. The summed E-state index contributed by atoms with van der Waals surface area (Å²) < 4.78 is 5.96. The van der Waals surface area contributed by atoms with Crippen molar-refractivity contribution in [1.82, 2.24) is 5.32 Å². The largest absolute Gasteiger partial charge is 0.374 e. The normalized spacial score (nSPS) is 12.0. The van der Waals surface area contributed by atoms with Gasteiger partial charge in [0.25, 0.3) is 11.6 Å². The molecule has 1 unspecified atom stereocenters. The van der Waals surface area contributed by atoms with Gasteiger partial charge in [0.05, 0.1) is 19.8 Å². The first kappa shape index (κ1) is 17.7. The number of carbonyl (C=O) groups excluding carboxylic acids is 1. The molecular formula is C14H12Cl2N2O4S. The third-order valence-electron chi connectivity index (χ3n) is 3.05. The first-order valence-corrected chi connectivity index (χ1v) is 7.99. The lowest BCUT2D eigenvalue weighted by molar-refractivity contribution is -0.384. The van der Waals surface area contributed by atoms with E-state index in [1.54, 1.807) is 6.07 Å². The number of nitro groups is 1. The predicted octanol–water partition coefficient (Wildman–Crippen LogP) is 4.08. The highest BCUT2D eigenvalue weighted by atomic mass is 35.5. The van der Waals surface area contributed by atoms with Crippen LogP contribution in [0.15, 0.2) is 30.3 Å². The van der Waals surface area contributed by atoms with Gasteiger partial charge in [0.1, 0.15) is 6.10 Å². The van der Waals surface area contributed by atoms with Crippen LogP contribution in [0.3, 0.4) is 0 Å². The van der Waals surface area contributed by atoms with E-state index in [0.29, 0.717) is 4.34 Å². The van der Waals surface area contributed by atoms with Gasteiger partial charge in [0, 0.05) is 30.7 Å². The van der Waals surface area contributed by atoms with E-state index >= 15 is 0 Å². The number of nitrogens with zero attached hydrogens (tertiary/aromatic N) is 1. The lowest BCUT2D eigenvalue weighted by Gasteiger charge is -2.15. The van der Waals surface area contributed by atoms with Gasteiger partial charge in [-0.15, -0.1) is 11.3 Å². The Morgan fingerprint density at radius 1 is 1.39 bits per heavy atom. The van der Waals surface area contributed by atoms with Crippen molar-refractivity contribution in [2.45, 2.75) is 6.10 Å². The van der Waals surface area contributed by atoms with E-state index in [4.69, 9.17) is 27.9 Å². The molecular weight excluding hydrogens is 363 g/mol. The van der Waals surface area contributed by atoms with Crippen LogP contribution in [0.4, 0.5) is 5.69 Å². The summed E-state index contributed by atoms with van der Waals surface area (Å²) >= 11 is 13.2. The smallest absolute Gasteiger partial charge is 0.270 e. The molecule has 0 aliphatic heterocycles. The monoisotopic (exact) mass is 374 g/mol. The zero-order chi connectivity index (χ0) is 17.0. The van der Waals surface area contributed by atoms with E-state index in [2.05, 4.69) is 5.32 Å². The number of benzene rings is 1. The van der Waals surface area contributed by atoms with E-state index in [1.165, 1.54) is 30.6 Å². The fraction of sp³-hybridized carbons (Fsp3) is 0.214. The average molecular weight is 375 g/mol. The van der Waals surface area contributed by atoms with E-state index in [0.717, 1.165) is 10.9 Å². The molecule has 1 aromatic carbocycles. The molecule has 1 heterocycles. The van der Waals surface area contributed by atoms with E-state index in [-0.39, 0.29) is 28.9 Å². The highest BCUT2D eigenvalue weighted by molar-refractivity contribution is 7.16. The molecule has 0 bridgehead atoms. The lowest BCUT2D eigenvalue weighted by atomic mass is 10.2. The zero-order valence-corrected chi connectivity index (χ0v) is 14.2. The van der Waals surface area contributed by atoms with Crippen LogP contribution in [0.1, 0.15) is 21.3 Å². The second-order valence-electron chi connectivity index (χ2n) is 4.50. The van der Waals surface area contributed by atoms with Gasteiger partial charge in [-0.25, -0.2) is 0 Å². The molecule has 1 N–H and O–H groups in total. The third-order valence-corrected chi connectivity index (χ3v) is 4.69. The Balaban J connectivity index is 2.05. The first-order chi connectivity index (χ1) is 10.9. The molecule has 0 saturated carbocycles. The summed E-state index contributed by atoms with van der Waals surface area (Å²) in [5, 5.41) is 13.4. The summed E-state index contributed by atoms with van der Waals surface area (Å²) in [7, 11) is 1.53. The summed E-state index contributed by atoms with van der Waals surface area (Å²) in [6.07, 6.45) is -0.340. The number of ether oxygens (including phenoxy) is 1. The Bertz CT molecular complexity index is 735. The molecule has 0 radical (unpaired) electrons. The van der Waals surface area contributed by atoms with Gasteiger partial charge in [0.15, 0.2) is 0 Å². The van der Waals surface area contributed by atoms with Crippen LogP contribution in [0.25, 0.3) is 0 Å². The SMILES string of the molecule is COC(CNC(=O)c1ccc([N+](=O)[O-])cc1Cl)c1ccc(Cl)s1. The maximum Gasteiger partial charge on any atom is 0.270 e. The number of hydrogen-bond donors (Lipinski definition) is 1. The standard InChI is InChI=1S/C14H12Cl2N2O4S/c1-22-11(12-4-5-13(16)23-12)7-17-14(19)9-3-2-8(18(20)21)6-10(9)15/h2-6,11H,7H2,1H3,(H,17,19). The van der Waals surface area contributed by atoms with Crippen molar-refractivity contribution in [3.8, 4) is 0 Å². The minimum atomic E-state index is -0.574. The minimum absolute atomic E-state index is 0.0184. The van der Waals surface area contributed by atoms with Crippen LogP contribution in [0.2, 0.25) is 9.36 Å². The number of nitrogens with one attached hydrogen (secondary N) is 1. The number of thiophene rings is 1. The predicted molar refractivity (Wildman–Crippen MR) is 89.5 cm³/mol. The van der Waals surface area contributed by atoms with Crippen LogP contribution < -0.4 is 5.32 Å². The van der Waals surface area contributed by atoms with Gasteiger partial charge < -0.3 is 10.1 Å². The van der Waals surface area contributed by atoms with Gasteiger partial charge in [-0.1, -0.05) is 23.2 Å². The lowest BCUT2D eigenvalue weighted by Crippen LogP contribution is -2.29. The summed E-state index contributed by atoms with van der Waals surface area (Å²) in [6.45, 7) is 0.222. The van der Waals surface area contributed by atoms with Crippen molar-refractivity contribution in [3.63, 3.8) is 0 Å². The number of carbonyl (C=O) groups is 1. The number of rotatable bonds is 6. The summed E-state index contributed by atoms with van der Waals surface area (Å²) in [4.78, 5) is 23.1. The van der Waals surface area contributed by atoms with Gasteiger partial charge >= 0.3 is 0 Å². The van der Waals surface area contributed by atoms with Crippen molar-refractivity contribution >= 4 is 46.1 Å². The Hall–Kier alpha value is -1.67. The minimum Gasteiger partial charge on any atom is -0.374 e. The molecule has 2 rings (SSSR count). The summed E-state index contributed by atoms with van der Waals surface area (Å²) in [5.41, 5.74) is -0.00845. The number of nitro benzene ring substituents is 1. The maximum absolute atomic E-state index is 12.2. The Morgan fingerprint density at radius 3 is 2.65 bits per heavy atom. The van der Waals surface area contributed by atoms with Crippen molar-refractivity contribution < 1.29 is 14.5 Å². The van der Waals surface area contributed by atoms with E-state index in [1.807, 2.05) is 6.07 Å². The molecule has 1 atom stereocenters. The van der Waals surface area contributed by atoms with Crippen LogP contribution in [0, 0.1) is 10.1 Å². The Kier molecular flexibility index (Phi) is 5.95. The molecule has 9 heteroatoms. The van der Waals surface area contributed by atoms with Gasteiger partial charge in [-0.05, 0) is 18.2 Å². The topological polar surface area (TPSA) is 81.5 Å². The van der Waals surface area contributed by atoms with Crippen LogP contribution in [-0.2, 0) is 4.74 Å². The van der Waals surface area contributed by atoms with Crippen molar-refractivity contribution in [1.29, 1.82) is 0 Å². The molecule has 0 aliphatic rings. The quantitative estimate of drug-likeness (QED) is 0.609. The maximum atomic E-state index is 12.2.